The van der Waals surface area contributed by atoms with Gasteiger partial charge in [-0.2, -0.15) is 0 Å². The molecule has 116 valence electrons. The Kier molecular flexibility index (Phi) is 4.24. The normalized spacial score (nSPS) is 10.7. The highest BCUT2D eigenvalue weighted by atomic mass is 16.5. The van der Waals surface area contributed by atoms with E-state index in [1.165, 1.54) is 0 Å². The van der Waals surface area contributed by atoms with Crippen LogP contribution in [0, 0.1) is 0 Å². The van der Waals surface area contributed by atoms with Crippen molar-refractivity contribution in [3.63, 3.8) is 0 Å². The number of allylic oxidation sites excluding steroid dienone is 1. The van der Waals surface area contributed by atoms with Crippen molar-refractivity contribution >= 4 is 16.8 Å². The lowest BCUT2D eigenvalue weighted by atomic mass is 10.1. The van der Waals surface area contributed by atoms with Gasteiger partial charge in [0.2, 0.25) is 12.1 Å². The second kappa shape index (κ2) is 6.48. The number of methoxy groups -OCH3 is 1. The van der Waals surface area contributed by atoms with Crippen molar-refractivity contribution in [1.82, 2.24) is 4.57 Å². The lowest BCUT2D eigenvalue weighted by Gasteiger charge is -2.02. The van der Waals surface area contributed by atoms with Crippen LogP contribution in [0.25, 0.3) is 11.0 Å². The van der Waals surface area contributed by atoms with Gasteiger partial charge < -0.3 is 4.74 Å². The molecule has 0 radical (unpaired) electrons. The zero-order valence-electron chi connectivity index (χ0n) is 13.1. The minimum atomic E-state index is 0.0687. The van der Waals surface area contributed by atoms with Crippen LogP contribution in [0.2, 0.25) is 0 Å². The van der Waals surface area contributed by atoms with E-state index >= 15 is 0 Å². The van der Waals surface area contributed by atoms with E-state index in [-0.39, 0.29) is 5.78 Å². The third-order valence-electron chi connectivity index (χ3n) is 3.83. The van der Waals surface area contributed by atoms with Crippen LogP contribution in [0.4, 0.5) is 0 Å². The molecule has 0 fully saturated rings. The van der Waals surface area contributed by atoms with Gasteiger partial charge in [-0.25, -0.2) is 9.13 Å². The molecule has 0 unspecified atom stereocenters. The van der Waals surface area contributed by atoms with Gasteiger partial charge in [0, 0.05) is 5.56 Å². The maximum absolute atomic E-state index is 12.5. The van der Waals surface area contributed by atoms with Gasteiger partial charge in [-0.1, -0.05) is 24.8 Å². The fourth-order valence-corrected chi connectivity index (χ4v) is 2.68. The topological polar surface area (TPSA) is 35.1 Å². The fourth-order valence-electron chi connectivity index (χ4n) is 2.68. The molecule has 3 rings (SSSR count). The molecule has 0 spiro atoms. The van der Waals surface area contributed by atoms with Crippen molar-refractivity contribution in [2.75, 3.05) is 7.11 Å². The average molecular weight is 307 g/mol. The maximum Gasteiger partial charge on any atom is 0.245 e. The highest BCUT2D eigenvalue weighted by Gasteiger charge is 2.17. The number of para-hydroxylation sites is 2. The SMILES string of the molecule is C=CCn1c[n+](CC(=O)c2ccc(OC)cc2)c2ccccc21. The summed E-state index contributed by atoms with van der Waals surface area (Å²) in [6.07, 6.45) is 3.82. The molecule has 4 heteroatoms. The van der Waals surface area contributed by atoms with E-state index in [0.717, 1.165) is 16.8 Å². The number of fused-ring (bicyclic) bond motifs is 1. The highest BCUT2D eigenvalue weighted by molar-refractivity contribution is 5.95. The summed E-state index contributed by atoms with van der Waals surface area (Å²) in [6.45, 7) is 4.80. The molecule has 1 heterocycles. The van der Waals surface area contributed by atoms with Crippen LogP contribution < -0.4 is 9.30 Å². The van der Waals surface area contributed by atoms with E-state index < -0.39 is 0 Å². The molecule has 0 aliphatic rings. The largest absolute Gasteiger partial charge is 0.497 e. The van der Waals surface area contributed by atoms with Crippen LogP contribution in [0.15, 0.2) is 67.5 Å². The third kappa shape index (κ3) is 3.01. The average Bonchev–Trinajstić information content (AvgIpc) is 2.93. The summed E-state index contributed by atoms with van der Waals surface area (Å²) in [5.41, 5.74) is 2.81. The van der Waals surface area contributed by atoms with Crippen molar-refractivity contribution < 1.29 is 14.1 Å². The Labute approximate surface area is 135 Å². The molecule has 0 bridgehead atoms. The summed E-state index contributed by atoms with van der Waals surface area (Å²) in [7, 11) is 1.61. The zero-order chi connectivity index (χ0) is 16.2. The number of carbonyl (C=O) groups excluding carboxylic acids is 1. The summed E-state index contributed by atoms with van der Waals surface area (Å²) >= 11 is 0. The first-order chi connectivity index (χ1) is 11.2. The van der Waals surface area contributed by atoms with E-state index in [2.05, 4.69) is 11.1 Å². The van der Waals surface area contributed by atoms with Crippen molar-refractivity contribution in [3.8, 4) is 5.75 Å². The molecule has 0 aliphatic carbocycles. The number of nitrogens with zero attached hydrogens (tertiary/aromatic N) is 2. The van der Waals surface area contributed by atoms with Crippen molar-refractivity contribution in [3.05, 3.63) is 73.1 Å². The van der Waals surface area contributed by atoms with Gasteiger partial charge in [-0.05, 0) is 36.4 Å². The van der Waals surface area contributed by atoms with E-state index in [0.29, 0.717) is 18.7 Å². The molecule has 2 aromatic carbocycles. The number of carbonyl (C=O) groups is 1. The molecule has 0 aliphatic heterocycles. The Morgan fingerprint density at radius 1 is 1.22 bits per heavy atom. The van der Waals surface area contributed by atoms with E-state index in [9.17, 15) is 4.79 Å². The van der Waals surface area contributed by atoms with E-state index in [4.69, 9.17) is 4.74 Å². The number of rotatable bonds is 6. The lowest BCUT2D eigenvalue weighted by molar-refractivity contribution is -0.657. The van der Waals surface area contributed by atoms with Crippen molar-refractivity contribution in [2.24, 2.45) is 0 Å². The van der Waals surface area contributed by atoms with Crippen LogP contribution in [0.3, 0.4) is 0 Å². The molecule has 1 aromatic heterocycles. The highest BCUT2D eigenvalue weighted by Crippen LogP contribution is 2.13. The molecule has 0 saturated carbocycles. The molecular weight excluding hydrogens is 288 g/mol. The van der Waals surface area contributed by atoms with Gasteiger partial charge in [0.15, 0.2) is 17.6 Å². The molecule has 0 atom stereocenters. The number of imidazole rings is 1. The number of aromatic nitrogens is 2. The third-order valence-corrected chi connectivity index (χ3v) is 3.83. The van der Waals surface area contributed by atoms with Crippen LogP contribution in [-0.2, 0) is 13.1 Å². The fraction of sp³-hybridized carbons (Fsp3) is 0.158. The molecule has 0 saturated heterocycles. The van der Waals surface area contributed by atoms with Gasteiger partial charge in [-0.15, -0.1) is 0 Å². The predicted molar refractivity (Wildman–Crippen MR) is 89.7 cm³/mol. The lowest BCUT2D eigenvalue weighted by Crippen LogP contribution is -2.36. The van der Waals surface area contributed by atoms with Crippen molar-refractivity contribution in [1.29, 1.82) is 0 Å². The number of ether oxygens (including phenoxy) is 1. The van der Waals surface area contributed by atoms with Gasteiger partial charge >= 0.3 is 0 Å². The Morgan fingerprint density at radius 3 is 2.65 bits per heavy atom. The molecular formula is C19H19N2O2+. The Bertz CT molecular complexity index is 847. The van der Waals surface area contributed by atoms with Gasteiger partial charge in [0.1, 0.15) is 12.3 Å². The standard InChI is InChI=1S/C19H19N2O2/c1-3-12-20-14-21(18-7-5-4-6-17(18)20)13-19(22)15-8-10-16(23-2)11-9-15/h3-11,14H,1,12-13H2,2H3/q+1. The first-order valence-corrected chi connectivity index (χ1v) is 7.48. The molecule has 3 aromatic rings. The van der Waals surface area contributed by atoms with Crippen LogP contribution in [0.5, 0.6) is 5.75 Å². The maximum atomic E-state index is 12.5. The zero-order valence-corrected chi connectivity index (χ0v) is 13.1. The molecule has 4 nitrogen and oxygen atoms in total. The predicted octanol–water partition coefficient (Wildman–Crippen LogP) is 3.01. The van der Waals surface area contributed by atoms with E-state index in [1.807, 2.05) is 41.2 Å². The Hall–Kier alpha value is -2.88. The second-order valence-corrected chi connectivity index (χ2v) is 5.32. The monoisotopic (exact) mass is 307 g/mol. The molecule has 23 heavy (non-hydrogen) atoms. The number of ketones is 1. The first-order valence-electron chi connectivity index (χ1n) is 7.48. The number of hydrogen-bond acceptors (Lipinski definition) is 2. The summed E-state index contributed by atoms with van der Waals surface area (Å²) in [6, 6.07) is 15.3. The van der Waals surface area contributed by atoms with Crippen LogP contribution >= 0.6 is 0 Å². The second-order valence-electron chi connectivity index (χ2n) is 5.32. The smallest absolute Gasteiger partial charge is 0.245 e. The Balaban J connectivity index is 1.91. The minimum absolute atomic E-state index is 0.0687. The van der Waals surface area contributed by atoms with E-state index in [1.54, 1.807) is 31.4 Å². The van der Waals surface area contributed by atoms with Crippen LogP contribution in [-0.4, -0.2) is 17.5 Å². The molecule has 0 amide bonds. The summed E-state index contributed by atoms with van der Waals surface area (Å²) in [5, 5.41) is 0. The number of benzene rings is 2. The number of hydrogen-bond donors (Lipinski definition) is 0. The van der Waals surface area contributed by atoms with Gasteiger partial charge in [0.25, 0.3) is 0 Å². The first kappa shape index (κ1) is 15.0. The van der Waals surface area contributed by atoms with Gasteiger partial charge in [0.05, 0.1) is 7.11 Å². The van der Waals surface area contributed by atoms with Crippen LogP contribution in [0.1, 0.15) is 10.4 Å². The quantitative estimate of drug-likeness (QED) is 0.399. The summed E-state index contributed by atoms with van der Waals surface area (Å²) < 4.78 is 9.19. The summed E-state index contributed by atoms with van der Waals surface area (Å²) in [4.78, 5) is 12.5. The molecule has 0 N–H and O–H groups in total. The minimum Gasteiger partial charge on any atom is -0.497 e. The Morgan fingerprint density at radius 2 is 1.96 bits per heavy atom. The van der Waals surface area contributed by atoms with Crippen molar-refractivity contribution in [2.45, 2.75) is 13.1 Å². The van der Waals surface area contributed by atoms with Gasteiger partial charge in [-0.3, -0.25) is 4.79 Å². The summed E-state index contributed by atoms with van der Waals surface area (Å²) in [5.74, 6) is 0.816. The number of Topliss-reactive ketones (excluding diaryl/α,β-unsaturated/α-hetero) is 1.